The molecule has 2 nitrogen and oxygen atoms in total. The molecule has 1 aromatic rings. The molecule has 64 valence electrons. The van der Waals surface area contributed by atoms with E-state index in [2.05, 4.69) is 17.9 Å². The van der Waals surface area contributed by atoms with Gasteiger partial charge in [0.15, 0.2) is 0 Å². The minimum Gasteiger partial charge on any atom is -0.352 e. The third-order valence-electron chi connectivity index (χ3n) is 1.49. The van der Waals surface area contributed by atoms with Gasteiger partial charge in [-0.2, -0.15) is 0 Å². The Morgan fingerprint density at radius 3 is 2.75 bits per heavy atom. The normalized spacial score (nSPS) is 9.50. The van der Waals surface area contributed by atoms with E-state index in [0.717, 1.165) is 0 Å². The van der Waals surface area contributed by atoms with Crippen molar-refractivity contribution in [2.75, 3.05) is 6.54 Å². The van der Waals surface area contributed by atoms with Crippen LogP contribution < -0.4 is 5.32 Å². The quantitative estimate of drug-likeness (QED) is 0.668. The molecule has 0 fully saturated rings. The highest BCUT2D eigenvalue weighted by Gasteiger charge is 2.05. The van der Waals surface area contributed by atoms with E-state index in [0.29, 0.717) is 17.0 Å². The van der Waals surface area contributed by atoms with E-state index in [1.165, 1.54) is 0 Å². The molecule has 1 N–H and O–H groups in total. The van der Waals surface area contributed by atoms with Crippen molar-refractivity contribution < 1.29 is 4.79 Å². The number of hydrogen-bond donors (Lipinski definition) is 2. The maximum absolute atomic E-state index is 11.3. The van der Waals surface area contributed by atoms with Crippen molar-refractivity contribution >= 4 is 18.5 Å². The molecular formula is C9H11NOS. The van der Waals surface area contributed by atoms with Crippen molar-refractivity contribution in [3.05, 3.63) is 29.8 Å². The van der Waals surface area contributed by atoms with E-state index in [1.54, 1.807) is 12.1 Å². The Morgan fingerprint density at radius 1 is 1.50 bits per heavy atom. The standard InChI is InChI=1S/C9H11NOS/c1-2-10-9(11)7-5-3-4-6-8(7)12/h3-6,12H,2H2,1H3,(H,10,11). The minimum atomic E-state index is -0.0666. The number of nitrogens with one attached hydrogen (secondary N) is 1. The Kier molecular flexibility index (Phi) is 3.17. The Balaban J connectivity index is 2.87. The van der Waals surface area contributed by atoms with Gasteiger partial charge in [-0.3, -0.25) is 4.79 Å². The van der Waals surface area contributed by atoms with Gasteiger partial charge in [0, 0.05) is 11.4 Å². The SMILES string of the molecule is CCNC(=O)c1ccccc1S. The van der Waals surface area contributed by atoms with Crippen LogP contribution in [0.25, 0.3) is 0 Å². The van der Waals surface area contributed by atoms with Crippen LogP contribution in [0.15, 0.2) is 29.2 Å². The van der Waals surface area contributed by atoms with E-state index < -0.39 is 0 Å². The largest absolute Gasteiger partial charge is 0.352 e. The summed E-state index contributed by atoms with van der Waals surface area (Å²) in [7, 11) is 0. The lowest BCUT2D eigenvalue weighted by atomic mass is 10.2. The monoisotopic (exact) mass is 181 g/mol. The van der Waals surface area contributed by atoms with Gasteiger partial charge in [0.25, 0.3) is 5.91 Å². The van der Waals surface area contributed by atoms with Crippen molar-refractivity contribution in [1.82, 2.24) is 5.32 Å². The van der Waals surface area contributed by atoms with Gasteiger partial charge >= 0.3 is 0 Å². The summed E-state index contributed by atoms with van der Waals surface area (Å²) >= 11 is 4.17. The summed E-state index contributed by atoms with van der Waals surface area (Å²) in [6.07, 6.45) is 0. The summed E-state index contributed by atoms with van der Waals surface area (Å²) in [5.41, 5.74) is 0.627. The summed E-state index contributed by atoms with van der Waals surface area (Å²) in [5, 5.41) is 2.71. The molecule has 3 heteroatoms. The van der Waals surface area contributed by atoms with Crippen LogP contribution >= 0.6 is 12.6 Å². The van der Waals surface area contributed by atoms with Crippen LogP contribution in [0.3, 0.4) is 0 Å². The van der Waals surface area contributed by atoms with Gasteiger partial charge in [-0.25, -0.2) is 0 Å². The molecule has 0 aliphatic heterocycles. The number of carbonyl (C=O) groups is 1. The molecule has 0 aromatic heterocycles. The van der Waals surface area contributed by atoms with E-state index in [4.69, 9.17) is 0 Å². The second-order valence-electron chi connectivity index (χ2n) is 2.38. The summed E-state index contributed by atoms with van der Waals surface area (Å²) in [6, 6.07) is 7.23. The number of hydrogen-bond acceptors (Lipinski definition) is 2. The second kappa shape index (κ2) is 4.16. The van der Waals surface area contributed by atoms with Gasteiger partial charge in [0.1, 0.15) is 0 Å². The Labute approximate surface area is 77.4 Å². The summed E-state index contributed by atoms with van der Waals surface area (Å²) in [6.45, 7) is 2.53. The first-order valence-corrected chi connectivity index (χ1v) is 4.26. The van der Waals surface area contributed by atoms with Crippen LogP contribution in [0.5, 0.6) is 0 Å². The molecule has 0 unspecified atom stereocenters. The third kappa shape index (κ3) is 2.01. The number of benzene rings is 1. The van der Waals surface area contributed by atoms with Crippen LogP contribution in [0, 0.1) is 0 Å². The van der Waals surface area contributed by atoms with E-state index in [9.17, 15) is 4.79 Å². The molecule has 1 amide bonds. The first-order valence-electron chi connectivity index (χ1n) is 3.82. The van der Waals surface area contributed by atoms with Crippen molar-refractivity contribution in [2.45, 2.75) is 11.8 Å². The maximum Gasteiger partial charge on any atom is 0.252 e. The molecule has 0 aliphatic rings. The van der Waals surface area contributed by atoms with Crippen molar-refractivity contribution in [1.29, 1.82) is 0 Å². The van der Waals surface area contributed by atoms with Gasteiger partial charge in [-0.1, -0.05) is 12.1 Å². The molecule has 0 spiro atoms. The molecule has 1 rings (SSSR count). The zero-order valence-electron chi connectivity index (χ0n) is 6.87. The fourth-order valence-corrected chi connectivity index (χ4v) is 1.18. The molecular weight excluding hydrogens is 170 g/mol. The van der Waals surface area contributed by atoms with Crippen LogP contribution in [0.1, 0.15) is 17.3 Å². The van der Waals surface area contributed by atoms with Gasteiger partial charge in [-0.05, 0) is 19.1 Å². The zero-order chi connectivity index (χ0) is 8.97. The van der Waals surface area contributed by atoms with Gasteiger partial charge in [0.05, 0.1) is 5.56 Å². The van der Waals surface area contributed by atoms with Crippen LogP contribution in [-0.4, -0.2) is 12.5 Å². The Hall–Kier alpha value is -0.960. The number of thiol groups is 1. The summed E-state index contributed by atoms with van der Waals surface area (Å²) < 4.78 is 0. The minimum absolute atomic E-state index is 0.0666. The average molecular weight is 181 g/mol. The number of carbonyl (C=O) groups excluding carboxylic acids is 1. The molecule has 1 aromatic carbocycles. The highest BCUT2D eigenvalue weighted by molar-refractivity contribution is 7.80. The highest BCUT2D eigenvalue weighted by atomic mass is 32.1. The van der Waals surface area contributed by atoms with Gasteiger partial charge in [0.2, 0.25) is 0 Å². The van der Waals surface area contributed by atoms with Crippen molar-refractivity contribution in [2.24, 2.45) is 0 Å². The van der Waals surface area contributed by atoms with Crippen molar-refractivity contribution in [3.63, 3.8) is 0 Å². The molecule has 12 heavy (non-hydrogen) atoms. The number of amides is 1. The average Bonchev–Trinajstić information content (AvgIpc) is 2.05. The number of rotatable bonds is 2. The zero-order valence-corrected chi connectivity index (χ0v) is 7.77. The van der Waals surface area contributed by atoms with Crippen LogP contribution in [0.4, 0.5) is 0 Å². The molecule has 0 saturated heterocycles. The molecule has 0 radical (unpaired) electrons. The smallest absolute Gasteiger partial charge is 0.252 e. The van der Waals surface area contributed by atoms with Crippen LogP contribution in [-0.2, 0) is 0 Å². The molecule has 0 atom stereocenters. The Morgan fingerprint density at radius 2 is 2.17 bits per heavy atom. The molecule has 0 saturated carbocycles. The van der Waals surface area contributed by atoms with Gasteiger partial charge in [-0.15, -0.1) is 12.6 Å². The molecule has 0 bridgehead atoms. The lowest BCUT2D eigenvalue weighted by molar-refractivity contribution is 0.0953. The lowest BCUT2D eigenvalue weighted by Gasteiger charge is -2.03. The highest BCUT2D eigenvalue weighted by Crippen LogP contribution is 2.11. The van der Waals surface area contributed by atoms with Gasteiger partial charge < -0.3 is 5.32 Å². The predicted molar refractivity (Wildman–Crippen MR) is 51.7 cm³/mol. The topological polar surface area (TPSA) is 29.1 Å². The first-order chi connectivity index (χ1) is 5.75. The fourth-order valence-electron chi connectivity index (χ4n) is 0.921. The molecule has 0 aliphatic carbocycles. The summed E-state index contributed by atoms with van der Waals surface area (Å²) in [4.78, 5) is 12.0. The first kappa shape index (κ1) is 9.13. The Bertz CT molecular complexity index is 286. The lowest BCUT2D eigenvalue weighted by Crippen LogP contribution is -2.22. The van der Waals surface area contributed by atoms with E-state index in [1.807, 2.05) is 19.1 Å². The summed E-state index contributed by atoms with van der Waals surface area (Å²) in [5.74, 6) is -0.0666. The second-order valence-corrected chi connectivity index (χ2v) is 2.86. The molecule has 0 heterocycles. The van der Waals surface area contributed by atoms with E-state index >= 15 is 0 Å². The fraction of sp³-hybridized carbons (Fsp3) is 0.222. The van der Waals surface area contributed by atoms with E-state index in [-0.39, 0.29) is 5.91 Å². The third-order valence-corrected chi connectivity index (χ3v) is 1.88. The predicted octanol–water partition coefficient (Wildman–Crippen LogP) is 1.73. The van der Waals surface area contributed by atoms with Crippen LogP contribution in [0.2, 0.25) is 0 Å². The van der Waals surface area contributed by atoms with Crippen molar-refractivity contribution in [3.8, 4) is 0 Å². The maximum atomic E-state index is 11.3.